The molecule has 5 rings (SSSR count). The molecule has 29 heavy (non-hydrogen) atoms. The summed E-state index contributed by atoms with van der Waals surface area (Å²) in [5.74, 6) is 1.55. The van der Waals surface area contributed by atoms with Gasteiger partial charge in [0.15, 0.2) is 11.6 Å². The van der Waals surface area contributed by atoms with E-state index in [1.54, 1.807) is 12.4 Å². The number of hydrogen-bond donors (Lipinski definition) is 0. The number of fused-ring (bicyclic) bond motifs is 1. The van der Waals surface area contributed by atoms with Crippen molar-refractivity contribution in [2.75, 3.05) is 6.54 Å². The van der Waals surface area contributed by atoms with Crippen LogP contribution >= 0.6 is 0 Å². The molecule has 0 N–H and O–H groups in total. The SMILES string of the molecule is Cc1ccc(-c2cc(CN3CCc4nc(-c5cccnc5)ncc4C3)no2)cc1. The van der Waals surface area contributed by atoms with Crippen molar-refractivity contribution in [3.63, 3.8) is 0 Å². The second-order valence-electron chi connectivity index (χ2n) is 7.42. The van der Waals surface area contributed by atoms with E-state index < -0.39 is 0 Å². The Hall–Kier alpha value is -3.38. The maximum absolute atomic E-state index is 5.56. The molecule has 4 heterocycles. The Kier molecular flexibility index (Phi) is 4.62. The van der Waals surface area contributed by atoms with Crippen LogP contribution in [0, 0.1) is 6.92 Å². The van der Waals surface area contributed by atoms with Gasteiger partial charge < -0.3 is 4.52 Å². The number of benzene rings is 1. The van der Waals surface area contributed by atoms with Gasteiger partial charge in [-0.2, -0.15) is 0 Å². The van der Waals surface area contributed by atoms with Crippen molar-refractivity contribution >= 4 is 0 Å². The van der Waals surface area contributed by atoms with Crippen molar-refractivity contribution in [2.24, 2.45) is 0 Å². The first kappa shape index (κ1) is 17.7. The zero-order chi connectivity index (χ0) is 19.6. The monoisotopic (exact) mass is 383 g/mol. The summed E-state index contributed by atoms with van der Waals surface area (Å²) in [7, 11) is 0. The lowest BCUT2D eigenvalue weighted by molar-refractivity contribution is 0.235. The van der Waals surface area contributed by atoms with Crippen LogP contribution in [0.4, 0.5) is 0 Å². The van der Waals surface area contributed by atoms with E-state index in [1.807, 2.05) is 24.4 Å². The van der Waals surface area contributed by atoms with Crippen LogP contribution in [0.15, 0.2) is 65.6 Å². The molecule has 3 aromatic heterocycles. The Morgan fingerprint density at radius 2 is 1.97 bits per heavy atom. The minimum Gasteiger partial charge on any atom is -0.356 e. The Bertz CT molecular complexity index is 1120. The summed E-state index contributed by atoms with van der Waals surface area (Å²) in [6, 6.07) is 14.2. The molecular weight excluding hydrogens is 362 g/mol. The third-order valence-corrected chi connectivity index (χ3v) is 5.21. The van der Waals surface area contributed by atoms with E-state index in [4.69, 9.17) is 9.51 Å². The normalized spacial score (nSPS) is 14.0. The number of hydrogen-bond acceptors (Lipinski definition) is 6. The molecule has 4 aromatic rings. The summed E-state index contributed by atoms with van der Waals surface area (Å²) in [4.78, 5) is 15.8. The van der Waals surface area contributed by atoms with Crippen LogP contribution in [-0.4, -0.2) is 31.6 Å². The number of aryl methyl sites for hydroxylation is 1. The van der Waals surface area contributed by atoms with Gasteiger partial charge in [0.2, 0.25) is 0 Å². The smallest absolute Gasteiger partial charge is 0.167 e. The molecule has 0 fully saturated rings. The van der Waals surface area contributed by atoms with E-state index in [2.05, 4.69) is 51.2 Å². The van der Waals surface area contributed by atoms with Crippen molar-refractivity contribution in [2.45, 2.75) is 26.4 Å². The lowest BCUT2D eigenvalue weighted by Crippen LogP contribution is -2.31. The quantitative estimate of drug-likeness (QED) is 0.529. The van der Waals surface area contributed by atoms with Gasteiger partial charge in [-0.05, 0) is 19.1 Å². The largest absolute Gasteiger partial charge is 0.356 e. The lowest BCUT2D eigenvalue weighted by atomic mass is 10.1. The maximum Gasteiger partial charge on any atom is 0.167 e. The highest BCUT2D eigenvalue weighted by Crippen LogP contribution is 2.24. The van der Waals surface area contributed by atoms with Crippen LogP contribution in [-0.2, 0) is 19.5 Å². The van der Waals surface area contributed by atoms with Crippen LogP contribution in [0.3, 0.4) is 0 Å². The van der Waals surface area contributed by atoms with Crippen LogP contribution in [0.2, 0.25) is 0 Å². The van der Waals surface area contributed by atoms with Gasteiger partial charge >= 0.3 is 0 Å². The molecule has 6 heteroatoms. The van der Waals surface area contributed by atoms with Gasteiger partial charge in [0.25, 0.3) is 0 Å². The van der Waals surface area contributed by atoms with Gasteiger partial charge in [-0.15, -0.1) is 0 Å². The predicted molar refractivity (Wildman–Crippen MR) is 110 cm³/mol. The molecule has 0 radical (unpaired) electrons. The van der Waals surface area contributed by atoms with E-state index in [0.717, 1.165) is 60.2 Å². The third kappa shape index (κ3) is 3.79. The third-order valence-electron chi connectivity index (χ3n) is 5.21. The molecule has 0 bridgehead atoms. The van der Waals surface area contributed by atoms with Crippen molar-refractivity contribution in [3.8, 4) is 22.7 Å². The van der Waals surface area contributed by atoms with Gasteiger partial charge in [-0.3, -0.25) is 9.88 Å². The minimum absolute atomic E-state index is 0.740. The molecule has 0 saturated heterocycles. The molecule has 0 aliphatic carbocycles. The molecule has 1 aromatic carbocycles. The molecule has 6 nitrogen and oxygen atoms in total. The van der Waals surface area contributed by atoms with E-state index in [0.29, 0.717) is 0 Å². The Morgan fingerprint density at radius 3 is 2.79 bits per heavy atom. The predicted octanol–water partition coefficient (Wildman–Crippen LogP) is 4.06. The van der Waals surface area contributed by atoms with Gasteiger partial charge in [-0.1, -0.05) is 35.0 Å². The second-order valence-corrected chi connectivity index (χ2v) is 7.42. The highest BCUT2D eigenvalue weighted by Gasteiger charge is 2.20. The molecule has 1 aliphatic heterocycles. The Balaban J connectivity index is 1.29. The van der Waals surface area contributed by atoms with Crippen LogP contribution in [0.25, 0.3) is 22.7 Å². The number of rotatable bonds is 4. The highest BCUT2D eigenvalue weighted by atomic mass is 16.5. The van der Waals surface area contributed by atoms with Crippen molar-refractivity contribution in [1.82, 2.24) is 25.0 Å². The van der Waals surface area contributed by atoms with E-state index in [1.165, 1.54) is 11.1 Å². The first-order chi connectivity index (χ1) is 14.2. The van der Waals surface area contributed by atoms with Gasteiger partial charge in [0.1, 0.15) is 0 Å². The van der Waals surface area contributed by atoms with E-state index in [9.17, 15) is 0 Å². The summed E-state index contributed by atoms with van der Waals surface area (Å²) in [5.41, 5.74) is 6.46. The molecule has 0 atom stereocenters. The molecule has 0 unspecified atom stereocenters. The summed E-state index contributed by atoms with van der Waals surface area (Å²) < 4.78 is 5.56. The molecular formula is C23H21N5O. The van der Waals surface area contributed by atoms with E-state index >= 15 is 0 Å². The van der Waals surface area contributed by atoms with Crippen LogP contribution in [0.5, 0.6) is 0 Å². The van der Waals surface area contributed by atoms with Crippen LogP contribution in [0.1, 0.15) is 22.5 Å². The summed E-state index contributed by atoms with van der Waals surface area (Å²) in [6.07, 6.45) is 6.39. The zero-order valence-electron chi connectivity index (χ0n) is 16.2. The minimum atomic E-state index is 0.740. The Morgan fingerprint density at radius 1 is 1.07 bits per heavy atom. The van der Waals surface area contributed by atoms with Crippen LogP contribution < -0.4 is 0 Å². The average molecular weight is 383 g/mol. The molecule has 1 aliphatic rings. The highest BCUT2D eigenvalue weighted by molar-refractivity contribution is 5.57. The second kappa shape index (κ2) is 7.56. The fourth-order valence-corrected chi connectivity index (χ4v) is 3.61. The first-order valence-corrected chi connectivity index (χ1v) is 9.75. The number of pyridine rings is 1. The fraction of sp³-hybridized carbons (Fsp3) is 0.217. The zero-order valence-corrected chi connectivity index (χ0v) is 16.2. The van der Waals surface area contributed by atoms with Gasteiger partial charge in [-0.25, -0.2) is 9.97 Å². The molecule has 144 valence electrons. The number of nitrogens with zero attached hydrogens (tertiary/aromatic N) is 5. The average Bonchev–Trinajstić information content (AvgIpc) is 3.23. The fourth-order valence-electron chi connectivity index (χ4n) is 3.61. The molecule has 0 spiro atoms. The van der Waals surface area contributed by atoms with Gasteiger partial charge in [0, 0.05) is 67.4 Å². The molecule has 0 saturated carbocycles. The summed E-state index contributed by atoms with van der Waals surface area (Å²) >= 11 is 0. The summed E-state index contributed by atoms with van der Waals surface area (Å²) in [5, 5.41) is 4.26. The maximum atomic E-state index is 5.56. The lowest BCUT2D eigenvalue weighted by Gasteiger charge is -2.27. The topological polar surface area (TPSA) is 67.9 Å². The first-order valence-electron chi connectivity index (χ1n) is 9.75. The summed E-state index contributed by atoms with van der Waals surface area (Å²) in [6.45, 7) is 4.57. The van der Waals surface area contributed by atoms with Crippen molar-refractivity contribution in [1.29, 1.82) is 0 Å². The standard InChI is InChI=1S/C23H21N5O/c1-16-4-6-17(7-5-16)22-11-20(27-29-22)15-28-10-8-21-19(14-28)13-25-23(26-21)18-3-2-9-24-12-18/h2-7,9,11-13H,8,10,14-15H2,1H3. The Labute approximate surface area is 169 Å². The van der Waals surface area contributed by atoms with E-state index in [-0.39, 0.29) is 0 Å². The molecule has 0 amide bonds. The van der Waals surface area contributed by atoms with Crippen molar-refractivity contribution < 1.29 is 4.52 Å². The van der Waals surface area contributed by atoms with Crippen molar-refractivity contribution in [3.05, 3.63) is 83.6 Å². The van der Waals surface area contributed by atoms with Gasteiger partial charge in [0.05, 0.1) is 11.4 Å². The number of aromatic nitrogens is 4.